The summed E-state index contributed by atoms with van der Waals surface area (Å²) < 4.78 is 4.89. The number of nitrogens with zero attached hydrogens (tertiary/aromatic N) is 2. The van der Waals surface area contributed by atoms with E-state index in [0.29, 0.717) is 12.6 Å². The number of ether oxygens (including phenoxy) is 1. The van der Waals surface area contributed by atoms with Gasteiger partial charge in [-0.1, -0.05) is 17.7 Å². The second-order valence-electron chi connectivity index (χ2n) is 3.98. The van der Waals surface area contributed by atoms with Gasteiger partial charge in [0.05, 0.1) is 6.61 Å². The number of rotatable bonds is 4. The van der Waals surface area contributed by atoms with E-state index < -0.39 is 5.97 Å². The third-order valence-electron chi connectivity index (χ3n) is 2.45. The normalized spacial score (nSPS) is 10.0. The first-order chi connectivity index (χ1) is 9.19. The molecule has 0 bridgehead atoms. The van der Waals surface area contributed by atoms with Crippen LogP contribution in [-0.2, 0) is 4.74 Å². The van der Waals surface area contributed by atoms with Gasteiger partial charge in [0.15, 0.2) is 5.69 Å². The van der Waals surface area contributed by atoms with Crippen LogP contribution in [0, 0.1) is 6.92 Å². The van der Waals surface area contributed by atoms with Gasteiger partial charge in [0.1, 0.15) is 0 Å². The summed E-state index contributed by atoms with van der Waals surface area (Å²) in [5.41, 5.74) is 2.28. The summed E-state index contributed by atoms with van der Waals surface area (Å²) in [5, 5.41) is 3.04. The highest BCUT2D eigenvalue weighted by Gasteiger charge is 2.09. The molecule has 0 radical (unpaired) electrons. The highest BCUT2D eigenvalue weighted by molar-refractivity contribution is 5.87. The molecule has 1 aromatic carbocycles. The van der Waals surface area contributed by atoms with E-state index in [0.717, 1.165) is 5.69 Å². The zero-order chi connectivity index (χ0) is 13.7. The van der Waals surface area contributed by atoms with Crippen molar-refractivity contribution in [2.75, 3.05) is 11.9 Å². The van der Waals surface area contributed by atoms with Crippen molar-refractivity contribution in [2.45, 2.75) is 13.8 Å². The molecule has 0 fully saturated rings. The number of carbonyl (C=O) groups is 1. The molecule has 1 heterocycles. The fourth-order valence-corrected chi connectivity index (χ4v) is 1.50. The lowest BCUT2D eigenvalue weighted by molar-refractivity contribution is 0.0519. The van der Waals surface area contributed by atoms with Gasteiger partial charge in [0.2, 0.25) is 5.95 Å². The Morgan fingerprint density at radius 3 is 2.68 bits per heavy atom. The van der Waals surface area contributed by atoms with Crippen LogP contribution in [-0.4, -0.2) is 22.5 Å². The van der Waals surface area contributed by atoms with E-state index in [1.807, 2.05) is 31.2 Å². The van der Waals surface area contributed by atoms with E-state index in [1.54, 1.807) is 6.92 Å². The molecular formula is C14H15N3O2. The highest BCUT2D eigenvalue weighted by Crippen LogP contribution is 2.13. The second kappa shape index (κ2) is 5.95. The quantitative estimate of drug-likeness (QED) is 0.853. The van der Waals surface area contributed by atoms with E-state index in [1.165, 1.54) is 17.8 Å². The van der Waals surface area contributed by atoms with Crippen molar-refractivity contribution < 1.29 is 9.53 Å². The Morgan fingerprint density at radius 1 is 1.26 bits per heavy atom. The molecule has 1 N–H and O–H groups in total. The summed E-state index contributed by atoms with van der Waals surface area (Å²) in [6.45, 7) is 4.09. The molecule has 2 aromatic rings. The number of esters is 1. The summed E-state index contributed by atoms with van der Waals surface area (Å²) >= 11 is 0. The zero-order valence-electron chi connectivity index (χ0n) is 10.9. The lowest BCUT2D eigenvalue weighted by Gasteiger charge is -2.06. The highest BCUT2D eigenvalue weighted by atomic mass is 16.5. The minimum Gasteiger partial charge on any atom is -0.461 e. The topological polar surface area (TPSA) is 64.1 Å². The predicted molar refractivity (Wildman–Crippen MR) is 72.5 cm³/mol. The molecule has 0 saturated carbocycles. The fraction of sp³-hybridized carbons (Fsp3) is 0.214. The maximum Gasteiger partial charge on any atom is 0.357 e. The minimum absolute atomic E-state index is 0.242. The van der Waals surface area contributed by atoms with Crippen LogP contribution in [0.15, 0.2) is 36.5 Å². The van der Waals surface area contributed by atoms with Gasteiger partial charge in [-0.15, -0.1) is 0 Å². The zero-order valence-corrected chi connectivity index (χ0v) is 10.9. The molecule has 0 unspecified atom stereocenters. The molecule has 0 spiro atoms. The van der Waals surface area contributed by atoms with Gasteiger partial charge in [-0.3, -0.25) is 0 Å². The summed E-state index contributed by atoms with van der Waals surface area (Å²) in [6.07, 6.45) is 1.52. The Balaban J connectivity index is 2.15. The third-order valence-corrected chi connectivity index (χ3v) is 2.45. The van der Waals surface area contributed by atoms with Crippen LogP contribution < -0.4 is 5.32 Å². The van der Waals surface area contributed by atoms with Crippen molar-refractivity contribution in [3.8, 4) is 0 Å². The molecule has 5 heteroatoms. The summed E-state index contributed by atoms with van der Waals surface area (Å²) in [7, 11) is 0. The third kappa shape index (κ3) is 3.51. The molecule has 5 nitrogen and oxygen atoms in total. The molecule has 0 aliphatic rings. The lowest BCUT2D eigenvalue weighted by Crippen LogP contribution is -2.09. The first kappa shape index (κ1) is 13.0. The number of benzene rings is 1. The Morgan fingerprint density at radius 2 is 2.00 bits per heavy atom. The van der Waals surface area contributed by atoms with Crippen molar-refractivity contribution in [1.82, 2.24) is 9.97 Å². The summed E-state index contributed by atoms with van der Waals surface area (Å²) in [6, 6.07) is 9.35. The van der Waals surface area contributed by atoms with Gasteiger partial charge in [-0.25, -0.2) is 14.8 Å². The first-order valence-electron chi connectivity index (χ1n) is 6.03. The standard InChI is InChI=1S/C14H15N3O2/c1-3-19-13(18)12-8-9-15-14(17-12)16-11-6-4-10(2)5-7-11/h4-9H,3H2,1-2H3,(H,15,16,17). The van der Waals surface area contributed by atoms with Gasteiger partial charge < -0.3 is 10.1 Å². The smallest absolute Gasteiger partial charge is 0.357 e. The van der Waals surface area contributed by atoms with Crippen LogP contribution in [0.2, 0.25) is 0 Å². The molecule has 1 aromatic heterocycles. The predicted octanol–water partition coefficient (Wildman–Crippen LogP) is 2.71. The Kier molecular flexibility index (Phi) is 4.07. The van der Waals surface area contributed by atoms with Crippen LogP contribution >= 0.6 is 0 Å². The molecule has 19 heavy (non-hydrogen) atoms. The van der Waals surface area contributed by atoms with Gasteiger partial charge in [-0.2, -0.15) is 0 Å². The maximum absolute atomic E-state index is 11.6. The first-order valence-corrected chi connectivity index (χ1v) is 6.03. The summed E-state index contributed by atoms with van der Waals surface area (Å²) in [5.74, 6) is -0.0775. The van der Waals surface area contributed by atoms with Gasteiger partial charge in [-0.05, 0) is 32.0 Å². The van der Waals surface area contributed by atoms with E-state index in [4.69, 9.17) is 4.74 Å². The van der Waals surface area contributed by atoms with E-state index in [2.05, 4.69) is 15.3 Å². The van der Waals surface area contributed by atoms with Gasteiger partial charge >= 0.3 is 5.97 Å². The number of hydrogen-bond donors (Lipinski definition) is 1. The number of nitrogens with one attached hydrogen (secondary N) is 1. The average Bonchev–Trinajstić information content (AvgIpc) is 2.42. The van der Waals surface area contributed by atoms with Crippen molar-refractivity contribution in [1.29, 1.82) is 0 Å². The number of carbonyl (C=O) groups excluding carboxylic acids is 1. The van der Waals surface area contributed by atoms with Crippen LogP contribution in [0.25, 0.3) is 0 Å². The average molecular weight is 257 g/mol. The van der Waals surface area contributed by atoms with Crippen LogP contribution in [0.4, 0.5) is 11.6 Å². The minimum atomic E-state index is -0.447. The molecule has 0 aliphatic heterocycles. The van der Waals surface area contributed by atoms with Gasteiger partial charge in [0, 0.05) is 11.9 Å². The second-order valence-corrected chi connectivity index (χ2v) is 3.98. The largest absolute Gasteiger partial charge is 0.461 e. The van der Waals surface area contributed by atoms with Crippen molar-refractivity contribution >= 4 is 17.6 Å². The van der Waals surface area contributed by atoms with Crippen LogP contribution in [0.5, 0.6) is 0 Å². The van der Waals surface area contributed by atoms with Crippen LogP contribution in [0.1, 0.15) is 23.0 Å². The maximum atomic E-state index is 11.6. The Bertz CT molecular complexity index is 567. The Labute approximate surface area is 111 Å². The van der Waals surface area contributed by atoms with Crippen molar-refractivity contribution in [2.24, 2.45) is 0 Å². The van der Waals surface area contributed by atoms with E-state index in [-0.39, 0.29) is 5.69 Å². The molecule has 0 aliphatic carbocycles. The molecular weight excluding hydrogens is 242 g/mol. The SMILES string of the molecule is CCOC(=O)c1ccnc(Nc2ccc(C)cc2)n1. The molecule has 0 amide bonds. The van der Waals surface area contributed by atoms with E-state index >= 15 is 0 Å². The Hall–Kier alpha value is -2.43. The molecule has 0 saturated heterocycles. The number of aromatic nitrogens is 2. The van der Waals surface area contributed by atoms with E-state index in [9.17, 15) is 4.79 Å². The lowest BCUT2D eigenvalue weighted by atomic mass is 10.2. The monoisotopic (exact) mass is 257 g/mol. The molecule has 0 atom stereocenters. The fourth-order valence-electron chi connectivity index (χ4n) is 1.50. The van der Waals surface area contributed by atoms with Gasteiger partial charge in [0.25, 0.3) is 0 Å². The molecule has 2 rings (SSSR count). The van der Waals surface area contributed by atoms with Crippen molar-refractivity contribution in [3.05, 3.63) is 47.8 Å². The number of anilines is 2. The summed E-state index contributed by atoms with van der Waals surface area (Å²) in [4.78, 5) is 19.7. The van der Waals surface area contributed by atoms with Crippen molar-refractivity contribution in [3.63, 3.8) is 0 Å². The number of hydrogen-bond acceptors (Lipinski definition) is 5. The number of aryl methyl sites for hydroxylation is 1. The van der Waals surface area contributed by atoms with Crippen LogP contribution in [0.3, 0.4) is 0 Å². The molecule has 98 valence electrons.